The van der Waals surface area contributed by atoms with Crippen LogP contribution in [-0.4, -0.2) is 10.9 Å². The van der Waals surface area contributed by atoms with E-state index in [1.54, 1.807) is 30.5 Å². The third-order valence-electron chi connectivity index (χ3n) is 3.65. The smallest absolute Gasteiger partial charge is 0.250 e. The van der Waals surface area contributed by atoms with E-state index in [1.807, 2.05) is 0 Å². The molecule has 3 aromatic rings. The predicted molar refractivity (Wildman–Crippen MR) is 110 cm³/mol. The molecule has 6 heteroatoms. The van der Waals surface area contributed by atoms with Crippen molar-refractivity contribution in [3.05, 3.63) is 86.4 Å². The van der Waals surface area contributed by atoms with E-state index in [0.29, 0.717) is 15.2 Å². The van der Waals surface area contributed by atoms with Crippen LogP contribution in [0.1, 0.15) is 21.6 Å². The normalized spacial score (nSPS) is 11.0. The summed E-state index contributed by atoms with van der Waals surface area (Å²) in [6, 6.07) is 13.6. The molecule has 1 amide bonds. The molecule has 0 aliphatic rings. The molecule has 3 rings (SSSR count). The van der Waals surface area contributed by atoms with E-state index >= 15 is 0 Å². The summed E-state index contributed by atoms with van der Waals surface area (Å²) < 4.78 is 0. The molecule has 1 heterocycles. The summed E-state index contributed by atoms with van der Waals surface area (Å²) in [6.45, 7) is 2.07. The van der Waals surface area contributed by atoms with Crippen molar-refractivity contribution in [3.63, 3.8) is 0 Å². The maximum absolute atomic E-state index is 12.1. The standard InChI is InChI=1S/C20H16Cl2N2OS/c1-13-2-4-14(5-3-13)10-16-12-23-20(26-16)24-19(25)9-7-15-6-8-17(21)18(22)11-15/h2-9,11-12H,10H2,1H3,(H,23,24,25)/b9-7+. The van der Waals surface area contributed by atoms with Crippen LogP contribution in [0.3, 0.4) is 0 Å². The van der Waals surface area contributed by atoms with Crippen molar-refractivity contribution in [1.82, 2.24) is 4.98 Å². The summed E-state index contributed by atoms with van der Waals surface area (Å²) >= 11 is 13.3. The fraction of sp³-hybridized carbons (Fsp3) is 0.100. The van der Waals surface area contributed by atoms with Crippen molar-refractivity contribution >= 4 is 51.7 Å². The minimum atomic E-state index is -0.243. The summed E-state index contributed by atoms with van der Waals surface area (Å²) in [4.78, 5) is 17.4. The van der Waals surface area contributed by atoms with Crippen LogP contribution in [0.5, 0.6) is 0 Å². The maximum atomic E-state index is 12.1. The highest BCUT2D eigenvalue weighted by atomic mass is 35.5. The molecule has 26 heavy (non-hydrogen) atoms. The molecule has 0 spiro atoms. The molecule has 0 bridgehead atoms. The third-order valence-corrected chi connectivity index (χ3v) is 5.31. The molecule has 0 atom stereocenters. The summed E-state index contributed by atoms with van der Waals surface area (Å²) in [5.41, 5.74) is 3.25. The molecular formula is C20H16Cl2N2OS. The second-order valence-electron chi connectivity index (χ2n) is 5.79. The molecule has 0 saturated heterocycles. The highest BCUT2D eigenvalue weighted by Crippen LogP contribution is 2.24. The fourth-order valence-electron chi connectivity index (χ4n) is 2.29. The van der Waals surface area contributed by atoms with Crippen LogP contribution in [0.25, 0.3) is 6.08 Å². The summed E-state index contributed by atoms with van der Waals surface area (Å²) in [7, 11) is 0. The van der Waals surface area contributed by atoms with Crippen molar-refractivity contribution in [2.75, 3.05) is 5.32 Å². The number of nitrogens with one attached hydrogen (secondary N) is 1. The van der Waals surface area contributed by atoms with Gasteiger partial charge in [-0.05, 0) is 36.3 Å². The molecule has 1 N–H and O–H groups in total. The minimum Gasteiger partial charge on any atom is -0.298 e. The zero-order valence-electron chi connectivity index (χ0n) is 14.0. The Balaban J connectivity index is 1.59. The number of aromatic nitrogens is 1. The zero-order valence-corrected chi connectivity index (χ0v) is 16.3. The molecule has 1 aromatic heterocycles. The number of hydrogen-bond acceptors (Lipinski definition) is 3. The average molecular weight is 403 g/mol. The van der Waals surface area contributed by atoms with Gasteiger partial charge in [0.15, 0.2) is 5.13 Å². The number of halogens is 2. The zero-order chi connectivity index (χ0) is 18.5. The SMILES string of the molecule is Cc1ccc(Cc2cnc(NC(=O)/C=C/c3ccc(Cl)c(Cl)c3)s2)cc1. The van der Waals surface area contributed by atoms with Crippen molar-refractivity contribution < 1.29 is 4.79 Å². The Hall–Kier alpha value is -2.14. The maximum Gasteiger partial charge on any atom is 0.250 e. The van der Waals surface area contributed by atoms with E-state index in [1.165, 1.54) is 28.5 Å². The highest BCUT2D eigenvalue weighted by Gasteiger charge is 2.06. The Morgan fingerprint density at radius 1 is 1.15 bits per heavy atom. The van der Waals surface area contributed by atoms with Gasteiger partial charge < -0.3 is 0 Å². The van der Waals surface area contributed by atoms with Crippen LogP contribution >= 0.6 is 34.5 Å². The Kier molecular flexibility index (Phi) is 6.09. The minimum absolute atomic E-state index is 0.243. The first-order valence-electron chi connectivity index (χ1n) is 7.94. The molecule has 0 aliphatic heterocycles. The van der Waals surface area contributed by atoms with E-state index in [-0.39, 0.29) is 5.91 Å². The van der Waals surface area contributed by atoms with E-state index < -0.39 is 0 Å². The van der Waals surface area contributed by atoms with Crippen molar-refractivity contribution in [1.29, 1.82) is 0 Å². The first-order valence-corrected chi connectivity index (χ1v) is 9.51. The van der Waals surface area contributed by atoms with E-state index in [0.717, 1.165) is 16.9 Å². The Bertz CT molecular complexity index is 949. The first-order chi connectivity index (χ1) is 12.5. The van der Waals surface area contributed by atoms with Crippen LogP contribution in [0, 0.1) is 6.92 Å². The largest absolute Gasteiger partial charge is 0.298 e. The van der Waals surface area contributed by atoms with Crippen LogP contribution in [0.15, 0.2) is 54.7 Å². The Labute approximate surface area is 166 Å². The fourth-order valence-corrected chi connectivity index (χ4v) is 3.45. The van der Waals surface area contributed by atoms with Gasteiger partial charge in [-0.2, -0.15) is 0 Å². The molecule has 0 fully saturated rings. The number of carbonyl (C=O) groups excluding carboxylic acids is 1. The number of anilines is 1. The van der Waals surface area contributed by atoms with Gasteiger partial charge in [0.2, 0.25) is 5.91 Å². The molecule has 0 unspecified atom stereocenters. The summed E-state index contributed by atoms with van der Waals surface area (Å²) in [5, 5.41) is 4.29. The van der Waals surface area contributed by atoms with Crippen LogP contribution in [0.2, 0.25) is 10.0 Å². The number of thiazole rings is 1. The van der Waals surface area contributed by atoms with Gasteiger partial charge in [0.25, 0.3) is 0 Å². The molecular weight excluding hydrogens is 387 g/mol. The number of aryl methyl sites for hydroxylation is 1. The Morgan fingerprint density at radius 3 is 2.65 bits per heavy atom. The van der Waals surface area contributed by atoms with Gasteiger partial charge in [-0.1, -0.05) is 59.1 Å². The van der Waals surface area contributed by atoms with Crippen molar-refractivity contribution in [3.8, 4) is 0 Å². The topological polar surface area (TPSA) is 42.0 Å². The number of hydrogen-bond donors (Lipinski definition) is 1. The van der Waals surface area contributed by atoms with Gasteiger partial charge in [0.1, 0.15) is 0 Å². The average Bonchev–Trinajstić information content (AvgIpc) is 3.05. The van der Waals surface area contributed by atoms with Gasteiger partial charge in [-0.15, -0.1) is 11.3 Å². The van der Waals surface area contributed by atoms with E-state index in [4.69, 9.17) is 23.2 Å². The second-order valence-corrected chi connectivity index (χ2v) is 7.72. The number of rotatable bonds is 5. The number of benzene rings is 2. The lowest BCUT2D eigenvalue weighted by Crippen LogP contribution is -2.07. The number of carbonyl (C=O) groups is 1. The van der Waals surface area contributed by atoms with Crippen molar-refractivity contribution in [2.45, 2.75) is 13.3 Å². The second kappa shape index (κ2) is 8.49. The van der Waals surface area contributed by atoms with Crippen molar-refractivity contribution in [2.24, 2.45) is 0 Å². The van der Waals surface area contributed by atoms with Gasteiger partial charge >= 0.3 is 0 Å². The number of amides is 1. The molecule has 3 nitrogen and oxygen atoms in total. The van der Waals surface area contributed by atoms with E-state index in [9.17, 15) is 4.79 Å². The Morgan fingerprint density at radius 2 is 1.92 bits per heavy atom. The van der Waals surface area contributed by atoms with Crippen LogP contribution < -0.4 is 5.32 Å². The molecule has 0 saturated carbocycles. The van der Waals surface area contributed by atoms with Crippen LogP contribution in [-0.2, 0) is 11.2 Å². The van der Waals surface area contributed by atoms with E-state index in [2.05, 4.69) is 41.5 Å². The monoisotopic (exact) mass is 402 g/mol. The quantitative estimate of drug-likeness (QED) is 0.531. The van der Waals surface area contributed by atoms with Crippen LogP contribution in [0.4, 0.5) is 5.13 Å². The lowest BCUT2D eigenvalue weighted by molar-refractivity contribution is -0.111. The third kappa shape index (κ3) is 5.18. The number of nitrogens with zero attached hydrogens (tertiary/aromatic N) is 1. The highest BCUT2D eigenvalue weighted by molar-refractivity contribution is 7.15. The molecule has 132 valence electrons. The predicted octanol–water partition coefficient (Wildman–Crippen LogP) is 6.00. The van der Waals surface area contributed by atoms with Gasteiger partial charge in [0, 0.05) is 23.6 Å². The van der Waals surface area contributed by atoms with Gasteiger partial charge in [0.05, 0.1) is 10.0 Å². The molecule has 0 radical (unpaired) electrons. The van der Waals surface area contributed by atoms with Gasteiger partial charge in [-0.3, -0.25) is 10.1 Å². The lowest BCUT2D eigenvalue weighted by atomic mass is 10.1. The summed E-state index contributed by atoms with van der Waals surface area (Å²) in [6.07, 6.45) is 5.72. The molecule has 0 aliphatic carbocycles. The molecule has 2 aromatic carbocycles. The summed E-state index contributed by atoms with van der Waals surface area (Å²) in [5.74, 6) is -0.243. The first kappa shape index (κ1) is 18.6. The lowest BCUT2D eigenvalue weighted by Gasteiger charge is -1.99. The van der Waals surface area contributed by atoms with Gasteiger partial charge in [-0.25, -0.2) is 4.98 Å².